The van der Waals surface area contributed by atoms with Crippen molar-refractivity contribution in [2.75, 3.05) is 0 Å². The van der Waals surface area contributed by atoms with E-state index in [4.69, 9.17) is 16.3 Å². The summed E-state index contributed by atoms with van der Waals surface area (Å²) in [6.45, 7) is 0. The SMILES string of the molecule is Fc1cc(Oc2ncc(C(F)(F)F)cc2Cl)ccc1-c1ccccc1. The standard InChI is InChI=1S/C18H10ClF4NO/c19-15-8-12(18(21,22)23)10-24-17(15)25-13-6-7-14(16(20)9-13)11-4-2-1-3-5-11/h1-10H. The van der Waals surface area contributed by atoms with Crippen molar-refractivity contribution in [3.05, 3.63) is 77.2 Å². The Bertz CT molecular complexity index is 897. The molecule has 0 amide bonds. The van der Waals surface area contributed by atoms with Gasteiger partial charge in [0.25, 0.3) is 0 Å². The largest absolute Gasteiger partial charge is 0.437 e. The first kappa shape index (κ1) is 17.2. The summed E-state index contributed by atoms with van der Waals surface area (Å²) in [5, 5.41) is -0.317. The molecule has 0 saturated carbocycles. The summed E-state index contributed by atoms with van der Waals surface area (Å²) in [6, 6.07) is 13.7. The third-order valence-electron chi connectivity index (χ3n) is 3.37. The number of nitrogens with zero attached hydrogens (tertiary/aromatic N) is 1. The lowest BCUT2D eigenvalue weighted by atomic mass is 10.1. The summed E-state index contributed by atoms with van der Waals surface area (Å²) in [5.74, 6) is -0.695. The van der Waals surface area contributed by atoms with Crippen molar-refractivity contribution < 1.29 is 22.3 Å². The number of halogens is 5. The van der Waals surface area contributed by atoms with E-state index in [0.29, 0.717) is 23.4 Å². The van der Waals surface area contributed by atoms with Gasteiger partial charge < -0.3 is 4.74 Å². The minimum atomic E-state index is -4.56. The Kier molecular flexibility index (Phi) is 4.63. The molecule has 1 heterocycles. The molecule has 0 N–H and O–H groups in total. The van der Waals surface area contributed by atoms with E-state index < -0.39 is 17.6 Å². The molecular weight excluding hydrogens is 358 g/mol. The van der Waals surface area contributed by atoms with Crippen molar-refractivity contribution in [1.29, 1.82) is 0 Å². The van der Waals surface area contributed by atoms with Gasteiger partial charge in [0, 0.05) is 17.8 Å². The van der Waals surface area contributed by atoms with Crippen LogP contribution in [-0.2, 0) is 6.18 Å². The fourth-order valence-electron chi connectivity index (χ4n) is 2.18. The summed E-state index contributed by atoms with van der Waals surface area (Å²) in [5.41, 5.74) is 0.0760. The molecule has 0 aliphatic heterocycles. The van der Waals surface area contributed by atoms with Crippen molar-refractivity contribution >= 4 is 11.6 Å². The van der Waals surface area contributed by atoms with Crippen LogP contribution in [0.15, 0.2) is 60.8 Å². The number of benzene rings is 2. The molecule has 3 aromatic rings. The van der Waals surface area contributed by atoms with Crippen LogP contribution in [0.1, 0.15) is 5.56 Å². The first-order chi connectivity index (χ1) is 11.8. The summed E-state index contributed by atoms with van der Waals surface area (Å²) >= 11 is 5.77. The van der Waals surface area contributed by atoms with E-state index in [1.165, 1.54) is 12.1 Å². The molecule has 0 saturated heterocycles. The highest BCUT2D eigenvalue weighted by molar-refractivity contribution is 6.31. The van der Waals surface area contributed by atoms with Gasteiger partial charge >= 0.3 is 6.18 Å². The predicted molar refractivity (Wildman–Crippen MR) is 86.2 cm³/mol. The Morgan fingerprint density at radius 1 is 0.960 bits per heavy atom. The summed E-state index contributed by atoms with van der Waals surface area (Å²) in [6.07, 6.45) is -3.95. The molecule has 2 aromatic carbocycles. The van der Waals surface area contributed by atoms with Crippen LogP contribution >= 0.6 is 11.6 Å². The van der Waals surface area contributed by atoms with Crippen LogP contribution in [0, 0.1) is 5.82 Å². The smallest absolute Gasteiger partial charge is 0.417 e. The number of hydrogen-bond donors (Lipinski definition) is 0. The van der Waals surface area contributed by atoms with Gasteiger partial charge in [0.1, 0.15) is 16.6 Å². The zero-order valence-corrected chi connectivity index (χ0v) is 13.3. The Balaban J connectivity index is 1.86. The maximum absolute atomic E-state index is 14.3. The topological polar surface area (TPSA) is 22.1 Å². The van der Waals surface area contributed by atoms with Gasteiger partial charge in [-0.2, -0.15) is 13.2 Å². The van der Waals surface area contributed by atoms with Gasteiger partial charge in [-0.25, -0.2) is 9.37 Å². The second-order valence-corrected chi connectivity index (χ2v) is 5.53. The second-order valence-electron chi connectivity index (χ2n) is 5.12. The number of pyridine rings is 1. The van der Waals surface area contributed by atoms with Crippen LogP contribution in [0.2, 0.25) is 5.02 Å². The fraction of sp³-hybridized carbons (Fsp3) is 0.0556. The van der Waals surface area contributed by atoms with Crippen molar-refractivity contribution in [2.45, 2.75) is 6.18 Å². The van der Waals surface area contributed by atoms with Crippen molar-refractivity contribution in [2.24, 2.45) is 0 Å². The highest BCUT2D eigenvalue weighted by atomic mass is 35.5. The fourth-order valence-corrected chi connectivity index (χ4v) is 2.38. The maximum atomic E-state index is 14.3. The Morgan fingerprint density at radius 3 is 2.28 bits per heavy atom. The average Bonchev–Trinajstić information content (AvgIpc) is 2.57. The lowest BCUT2D eigenvalue weighted by Crippen LogP contribution is -2.05. The molecule has 7 heteroatoms. The van der Waals surface area contributed by atoms with Gasteiger partial charge in [0.05, 0.1) is 5.56 Å². The normalized spacial score (nSPS) is 11.4. The Hall–Kier alpha value is -2.60. The van der Waals surface area contributed by atoms with E-state index in [2.05, 4.69) is 4.98 Å². The van der Waals surface area contributed by atoms with Gasteiger partial charge in [0.2, 0.25) is 5.88 Å². The molecule has 0 unspecified atom stereocenters. The third-order valence-corrected chi connectivity index (χ3v) is 3.65. The van der Waals surface area contributed by atoms with Gasteiger partial charge in [-0.15, -0.1) is 0 Å². The highest BCUT2D eigenvalue weighted by Crippen LogP contribution is 2.35. The van der Waals surface area contributed by atoms with Crippen LogP contribution in [0.3, 0.4) is 0 Å². The zero-order chi connectivity index (χ0) is 18.0. The minimum absolute atomic E-state index is 0.0753. The van der Waals surface area contributed by atoms with Crippen LogP contribution in [0.25, 0.3) is 11.1 Å². The van der Waals surface area contributed by atoms with Crippen LogP contribution in [0.5, 0.6) is 11.6 Å². The lowest BCUT2D eigenvalue weighted by Gasteiger charge is -2.11. The first-order valence-electron chi connectivity index (χ1n) is 7.10. The molecule has 0 bridgehead atoms. The minimum Gasteiger partial charge on any atom is -0.437 e. The molecule has 0 spiro atoms. The molecule has 128 valence electrons. The first-order valence-corrected chi connectivity index (χ1v) is 7.48. The van der Waals surface area contributed by atoms with E-state index in [9.17, 15) is 17.6 Å². The van der Waals surface area contributed by atoms with Gasteiger partial charge in [-0.3, -0.25) is 0 Å². The summed E-state index contributed by atoms with van der Waals surface area (Å²) in [4.78, 5) is 3.55. The number of rotatable bonds is 3. The van der Waals surface area contributed by atoms with Gasteiger partial charge in [0.15, 0.2) is 0 Å². The molecular formula is C18H10ClF4NO. The van der Waals surface area contributed by atoms with Gasteiger partial charge in [-0.1, -0.05) is 41.9 Å². The number of aromatic nitrogens is 1. The maximum Gasteiger partial charge on any atom is 0.417 e. The molecule has 0 aliphatic rings. The molecule has 1 aromatic heterocycles. The average molecular weight is 368 g/mol. The molecule has 0 atom stereocenters. The van der Waals surface area contributed by atoms with E-state index in [1.54, 1.807) is 24.3 Å². The van der Waals surface area contributed by atoms with Crippen molar-refractivity contribution in [3.8, 4) is 22.8 Å². The number of ether oxygens (including phenoxy) is 1. The van der Waals surface area contributed by atoms with E-state index in [-0.39, 0.29) is 16.7 Å². The molecule has 0 fully saturated rings. The second kappa shape index (κ2) is 6.72. The van der Waals surface area contributed by atoms with Gasteiger partial charge in [-0.05, 0) is 23.8 Å². The predicted octanol–water partition coefficient (Wildman–Crippen LogP) is 6.35. The van der Waals surface area contributed by atoms with Crippen molar-refractivity contribution in [1.82, 2.24) is 4.98 Å². The Morgan fingerprint density at radius 2 is 1.68 bits per heavy atom. The molecule has 0 radical (unpaired) electrons. The molecule has 2 nitrogen and oxygen atoms in total. The molecule has 25 heavy (non-hydrogen) atoms. The quantitative estimate of drug-likeness (QED) is 0.503. The number of alkyl halides is 3. The molecule has 3 rings (SSSR count). The third kappa shape index (κ3) is 3.91. The lowest BCUT2D eigenvalue weighted by molar-refractivity contribution is -0.137. The monoisotopic (exact) mass is 367 g/mol. The summed E-state index contributed by atoms with van der Waals surface area (Å²) < 4.78 is 57.4. The van der Waals surface area contributed by atoms with E-state index in [0.717, 1.165) is 6.07 Å². The Labute approximate surface area is 145 Å². The zero-order valence-electron chi connectivity index (χ0n) is 12.5. The van der Waals surface area contributed by atoms with E-state index in [1.807, 2.05) is 6.07 Å². The highest BCUT2D eigenvalue weighted by Gasteiger charge is 2.31. The number of hydrogen-bond acceptors (Lipinski definition) is 2. The van der Waals surface area contributed by atoms with Crippen LogP contribution in [0.4, 0.5) is 17.6 Å². The van der Waals surface area contributed by atoms with Crippen LogP contribution < -0.4 is 4.74 Å². The summed E-state index contributed by atoms with van der Waals surface area (Å²) in [7, 11) is 0. The van der Waals surface area contributed by atoms with Crippen molar-refractivity contribution in [3.63, 3.8) is 0 Å². The van der Waals surface area contributed by atoms with E-state index >= 15 is 0 Å². The van der Waals surface area contributed by atoms with Crippen LogP contribution in [-0.4, -0.2) is 4.98 Å². The molecule has 0 aliphatic carbocycles.